The van der Waals surface area contributed by atoms with E-state index < -0.39 is 0 Å². The quantitative estimate of drug-likeness (QED) is 0.806. The van der Waals surface area contributed by atoms with E-state index in [1.165, 1.54) is 35.1 Å². The van der Waals surface area contributed by atoms with E-state index in [0.717, 1.165) is 19.6 Å². The van der Waals surface area contributed by atoms with Crippen LogP contribution in [0.4, 0.5) is 0 Å². The van der Waals surface area contributed by atoms with Gasteiger partial charge in [-0.25, -0.2) is 0 Å². The maximum Gasteiger partial charge on any atom is 0.0210 e. The van der Waals surface area contributed by atoms with Gasteiger partial charge in [-0.1, -0.05) is 17.7 Å². The van der Waals surface area contributed by atoms with Gasteiger partial charge < -0.3 is 10.6 Å². The zero-order valence-electron chi connectivity index (χ0n) is 12.2. The summed E-state index contributed by atoms with van der Waals surface area (Å²) in [5, 5.41) is 6.96. The number of nitrogens with one attached hydrogen (secondary N) is 2. The lowest BCUT2D eigenvalue weighted by atomic mass is 9.99. The molecule has 1 aliphatic carbocycles. The maximum atomic E-state index is 3.65. The molecule has 0 radical (unpaired) electrons. The lowest BCUT2D eigenvalue weighted by Gasteiger charge is -2.17. The molecule has 0 atom stereocenters. The van der Waals surface area contributed by atoms with E-state index in [2.05, 4.69) is 43.5 Å². The van der Waals surface area contributed by atoms with Gasteiger partial charge in [0, 0.05) is 19.6 Å². The van der Waals surface area contributed by atoms with Crippen molar-refractivity contribution in [3.8, 4) is 0 Å². The monoisotopic (exact) mass is 246 g/mol. The third-order valence-electron chi connectivity index (χ3n) is 4.15. The molecule has 1 fully saturated rings. The van der Waals surface area contributed by atoms with Crippen LogP contribution < -0.4 is 10.6 Å². The summed E-state index contributed by atoms with van der Waals surface area (Å²) in [7, 11) is 2.05. The van der Waals surface area contributed by atoms with Gasteiger partial charge in [0.2, 0.25) is 0 Å². The second-order valence-corrected chi connectivity index (χ2v) is 6.01. The Morgan fingerprint density at radius 3 is 2.17 bits per heavy atom. The van der Waals surface area contributed by atoms with Crippen molar-refractivity contribution in [1.82, 2.24) is 10.6 Å². The third-order valence-corrected chi connectivity index (χ3v) is 4.15. The molecule has 1 aromatic rings. The van der Waals surface area contributed by atoms with Gasteiger partial charge in [-0.05, 0) is 62.8 Å². The van der Waals surface area contributed by atoms with Crippen molar-refractivity contribution in [2.45, 2.75) is 40.2 Å². The van der Waals surface area contributed by atoms with Gasteiger partial charge in [0.1, 0.15) is 0 Å². The Morgan fingerprint density at radius 2 is 1.67 bits per heavy atom. The molecule has 0 saturated heterocycles. The van der Waals surface area contributed by atoms with Crippen molar-refractivity contribution in [1.29, 1.82) is 0 Å². The Balaban J connectivity index is 1.91. The summed E-state index contributed by atoms with van der Waals surface area (Å²) >= 11 is 0. The molecule has 2 nitrogen and oxygen atoms in total. The highest BCUT2D eigenvalue weighted by Gasteiger charge is 2.41. The van der Waals surface area contributed by atoms with Gasteiger partial charge in [0.25, 0.3) is 0 Å². The molecule has 0 heterocycles. The van der Waals surface area contributed by atoms with Gasteiger partial charge in [0.15, 0.2) is 0 Å². The topological polar surface area (TPSA) is 24.1 Å². The van der Waals surface area contributed by atoms with E-state index in [0.29, 0.717) is 5.41 Å². The van der Waals surface area contributed by atoms with E-state index in [9.17, 15) is 0 Å². The molecule has 0 bridgehead atoms. The van der Waals surface area contributed by atoms with Crippen molar-refractivity contribution in [2.75, 3.05) is 20.1 Å². The Bertz CT molecular complexity index is 396. The van der Waals surface area contributed by atoms with E-state index in [4.69, 9.17) is 0 Å². The molecular formula is C16H26N2. The maximum absolute atomic E-state index is 3.65. The van der Waals surface area contributed by atoms with Crippen molar-refractivity contribution in [2.24, 2.45) is 5.41 Å². The molecule has 1 saturated carbocycles. The highest BCUT2D eigenvalue weighted by molar-refractivity contribution is 5.37. The zero-order chi connectivity index (χ0) is 13.2. The molecule has 0 unspecified atom stereocenters. The van der Waals surface area contributed by atoms with Crippen LogP contribution in [0, 0.1) is 26.2 Å². The number of aryl methyl sites for hydroxylation is 3. The molecule has 0 aromatic heterocycles. The number of hydrogen-bond acceptors (Lipinski definition) is 2. The lowest BCUT2D eigenvalue weighted by molar-refractivity contribution is 0.438. The largest absolute Gasteiger partial charge is 0.319 e. The number of rotatable bonds is 6. The molecule has 0 amide bonds. The van der Waals surface area contributed by atoms with Crippen molar-refractivity contribution >= 4 is 0 Å². The normalized spacial score (nSPS) is 16.9. The predicted molar refractivity (Wildman–Crippen MR) is 78.0 cm³/mol. The first-order valence-electron chi connectivity index (χ1n) is 6.98. The van der Waals surface area contributed by atoms with Gasteiger partial charge in [-0.3, -0.25) is 0 Å². The smallest absolute Gasteiger partial charge is 0.0210 e. The van der Waals surface area contributed by atoms with E-state index in [1.807, 2.05) is 7.05 Å². The molecule has 1 aliphatic rings. The molecule has 1 aromatic carbocycles. The summed E-state index contributed by atoms with van der Waals surface area (Å²) in [6.07, 6.45) is 2.74. The second-order valence-electron chi connectivity index (χ2n) is 6.01. The molecule has 18 heavy (non-hydrogen) atoms. The van der Waals surface area contributed by atoms with Crippen molar-refractivity contribution < 1.29 is 0 Å². The van der Waals surface area contributed by atoms with Crippen LogP contribution in [0.5, 0.6) is 0 Å². The highest BCUT2D eigenvalue weighted by Crippen LogP contribution is 2.44. The Morgan fingerprint density at radius 1 is 1.06 bits per heavy atom. The summed E-state index contributed by atoms with van der Waals surface area (Å²) < 4.78 is 0. The van der Waals surface area contributed by atoms with Gasteiger partial charge in [-0.2, -0.15) is 0 Å². The van der Waals surface area contributed by atoms with Crippen LogP contribution in [0.25, 0.3) is 0 Å². The molecule has 0 spiro atoms. The summed E-state index contributed by atoms with van der Waals surface area (Å²) in [5.41, 5.74) is 6.21. The van der Waals surface area contributed by atoms with Crippen LogP contribution in [-0.2, 0) is 6.54 Å². The Hall–Kier alpha value is -0.860. The van der Waals surface area contributed by atoms with E-state index in [1.54, 1.807) is 0 Å². The first-order valence-corrected chi connectivity index (χ1v) is 6.98. The molecular weight excluding hydrogens is 220 g/mol. The second kappa shape index (κ2) is 5.41. The zero-order valence-corrected chi connectivity index (χ0v) is 12.2. The third kappa shape index (κ3) is 3.12. The van der Waals surface area contributed by atoms with E-state index in [-0.39, 0.29) is 0 Å². The minimum atomic E-state index is 0.543. The lowest BCUT2D eigenvalue weighted by Crippen LogP contribution is -2.31. The summed E-state index contributed by atoms with van der Waals surface area (Å²) in [6.45, 7) is 9.90. The van der Waals surface area contributed by atoms with Crippen molar-refractivity contribution in [3.05, 3.63) is 34.4 Å². The van der Waals surface area contributed by atoms with Crippen LogP contribution >= 0.6 is 0 Å². The van der Waals surface area contributed by atoms with Crippen LogP contribution in [0.1, 0.15) is 35.1 Å². The average molecular weight is 246 g/mol. The van der Waals surface area contributed by atoms with Crippen LogP contribution in [0.2, 0.25) is 0 Å². The molecule has 0 aliphatic heterocycles. The Labute approximate surface area is 111 Å². The van der Waals surface area contributed by atoms with Crippen LogP contribution in [0.3, 0.4) is 0 Å². The minimum Gasteiger partial charge on any atom is -0.319 e. The Kier molecular flexibility index (Phi) is 4.08. The van der Waals surface area contributed by atoms with Crippen molar-refractivity contribution in [3.63, 3.8) is 0 Å². The number of hydrogen-bond donors (Lipinski definition) is 2. The molecule has 2 heteroatoms. The predicted octanol–water partition coefficient (Wildman–Crippen LogP) is 2.70. The van der Waals surface area contributed by atoms with Gasteiger partial charge >= 0.3 is 0 Å². The SMILES string of the molecule is CNCC1(CNCc2c(C)cc(C)cc2C)CC1. The summed E-state index contributed by atoms with van der Waals surface area (Å²) in [5.74, 6) is 0. The van der Waals surface area contributed by atoms with Crippen LogP contribution in [-0.4, -0.2) is 20.1 Å². The summed E-state index contributed by atoms with van der Waals surface area (Å²) in [4.78, 5) is 0. The molecule has 2 N–H and O–H groups in total. The molecule has 100 valence electrons. The first kappa shape index (κ1) is 13.6. The standard InChI is InChI=1S/C16H26N2/c1-12-7-13(2)15(14(3)8-12)9-18-11-16(5-6-16)10-17-4/h7-8,17-18H,5-6,9-11H2,1-4H3. The van der Waals surface area contributed by atoms with Gasteiger partial charge in [0.05, 0.1) is 0 Å². The average Bonchev–Trinajstić information content (AvgIpc) is 3.03. The van der Waals surface area contributed by atoms with E-state index >= 15 is 0 Å². The van der Waals surface area contributed by atoms with Gasteiger partial charge in [-0.15, -0.1) is 0 Å². The van der Waals surface area contributed by atoms with Crippen LogP contribution in [0.15, 0.2) is 12.1 Å². The fourth-order valence-electron chi connectivity index (χ4n) is 2.91. The molecule has 2 rings (SSSR count). The number of benzene rings is 1. The fourth-order valence-corrected chi connectivity index (χ4v) is 2.91. The summed E-state index contributed by atoms with van der Waals surface area (Å²) in [6, 6.07) is 4.56. The first-order chi connectivity index (χ1) is 8.56. The highest BCUT2D eigenvalue weighted by atomic mass is 14.9. The fraction of sp³-hybridized carbons (Fsp3) is 0.625. The minimum absolute atomic E-state index is 0.543.